The van der Waals surface area contributed by atoms with Gasteiger partial charge < -0.3 is 10.6 Å². The molecule has 0 heterocycles. The van der Waals surface area contributed by atoms with Gasteiger partial charge in [-0.25, -0.2) is 0 Å². The molecule has 1 saturated carbocycles. The number of benzene rings is 2. The monoisotopic (exact) mass is 376 g/mol. The molecule has 0 aliphatic heterocycles. The highest BCUT2D eigenvalue weighted by atomic mass is 16.2. The fourth-order valence-electron chi connectivity index (χ4n) is 2.81. The van der Waals surface area contributed by atoms with Crippen molar-refractivity contribution in [3.8, 4) is 0 Å². The van der Waals surface area contributed by atoms with Gasteiger partial charge in [0, 0.05) is 24.2 Å². The highest BCUT2D eigenvalue weighted by Gasteiger charge is 2.29. The zero-order valence-corrected chi connectivity index (χ0v) is 16.8. The van der Waals surface area contributed by atoms with Crippen LogP contribution in [0, 0.1) is 5.92 Å². The molecular weight excluding hydrogens is 348 g/mol. The maximum atomic E-state index is 12.1. The van der Waals surface area contributed by atoms with Gasteiger partial charge in [-0.3, -0.25) is 9.59 Å². The number of amides is 2. The van der Waals surface area contributed by atoms with Crippen LogP contribution in [0.1, 0.15) is 50.3 Å². The summed E-state index contributed by atoms with van der Waals surface area (Å²) in [5.74, 6) is 0.156. The van der Waals surface area contributed by atoms with E-state index in [1.807, 2.05) is 42.5 Å². The molecule has 0 atom stereocenters. The molecule has 2 aromatic carbocycles. The molecule has 0 aromatic heterocycles. The third-order valence-electron chi connectivity index (χ3n) is 4.84. The standard InChI is InChI=1S/C24H28N2O2/c1-24(2,3)20-11-4-17(5-12-20)8-15-22(27)25-16-18-6-13-21(14-7-18)26-23(28)19-9-10-19/h4-8,11-15,19H,9-10,16H2,1-3H3,(H,25,27)(H,26,28)/b15-8+. The van der Waals surface area contributed by atoms with E-state index >= 15 is 0 Å². The van der Waals surface area contributed by atoms with E-state index in [1.165, 1.54) is 5.56 Å². The van der Waals surface area contributed by atoms with Crippen molar-refractivity contribution < 1.29 is 9.59 Å². The van der Waals surface area contributed by atoms with Gasteiger partial charge in [0.2, 0.25) is 11.8 Å². The third-order valence-corrected chi connectivity index (χ3v) is 4.84. The van der Waals surface area contributed by atoms with Gasteiger partial charge in [-0.2, -0.15) is 0 Å². The molecule has 1 aliphatic rings. The van der Waals surface area contributed by atoms with Crippen LogP contribution in [0.3, 0.4) is 0 Å². The number of anilines is 1. The first-order valence-corrected chi connectivity index (χ1v) is 9.77. The summed E-state index contributed by atoms with van der Waals surface area (Å²) in [6, 6.07) is 15.8. The average molecular weight is 377 g/mol. The Labute approximate surface area is 167 Å². The average Bonchev–Trinajstić information content (AvgIpc) is 3.51. The second kappa shape index (κ2) is 8.42. The van der Waals surface area contributed by atoms with E-state index < -0.39 is 0 Å². The lowest BCUT2D eigenvalue weighted by Gasteiger charge is -2.18. The molecule has 0 saturated heterocycles. The molecule has 0 radical (unpaired) electrons. The van der Waals surface area contributed by atoms with Crippen LogP contribution in [-0.2, 0) is 21.5 Å². The van der Waals surface area contributed by atoms with Gasteiger partial charge in [0.25, 0.3) is 0 Å². The second-order valence-electron chi connectivity index (χ2n) is 8.38. The Morgan fingerprint density at radius 3 is 2.21 bits per heavy atom. The van der Waals surface area contributed by atoms with Gasteiger partial charge in [-0.1, -0.05) is 57.2 Å². The quantitative estimate of drug-likeness (QED) is 0.720. The van der Waals surface area contributed by atoms with Crippen molar-refractivity contribution in [3.63, 3.8) is 0 Å². The van der Waals surface area contributed by atoms with Gasteiger partial charge in [0.1, 0.15) is 0 Å². The molecule has 28 heavy (non-hydrogen) atoms. The predicted molar refractivity (Wildman–Crippen MR) is 114 cm³/mol. The summed E-state index contributed by atoms with van der Waals surface area (Å²) in [6.07, 6.45) is 5.35. The Kier molecular flexibility index (Phi) is 5.98. The van der Waals surface area contributed by atoms with Gasteiger partial charge in [0.15, 0.2) is 0 Å². The summed E-state index contributed by atoms with van der Waals surface area (Å²) < 4.78 is 0. The summed E-state index contributed by atoms with van der Waals surface area (Å²) in [5, 5.41) is 5.79. The summed E-state index contributed by atoms with van der Waals surface area (Å²) in [4.78, 5) is 23.8. The van der Waals surface area contributed by atoms with Gasteiger partial charge >= 0.3 is 0 Å². The Morgan fingerprint density at radius 2 is 1.64 bits per heavy atom. The number of nitrogens with one attached hydrogen (secondary N) is 2. The number of carbonyl (C=O) groups is 2. The molecule has 4 nitrogen and oxygen atoms in total. The van der Waals surface area contributed by atoms with Crippen molar-refractivity contribution in [1.29, 1.82) is 0 Å². The first kappa shape index (κ1) is 19.9. The molecular formula is C24H28N2O2. The van der Waals surface area contributed by atoms with Crippen molar-refractivity contribution >= 4 is 23.6 Å². The smallest absolute Gasteiger partial charge is 0.244 e. The Morgan fingerprint density at radius 1 is 1.00 bits per heavy atom. The Balaban J connectivity index is 1.47. The van der Waals surface area contributed by atoms with Crippen LogP contribution in [0.15, 0.2) is 54.6 Å². The Bertz CT molecular complexity index is 855. The van der Waals surface area contributed by atoms with E-state index in [0.29, 0.717) is 6.54 Å². The van der Waals surface area contributed by atoms with E-state index in [2.05, 4.69) is 43.5 Å². The van der Waals surface area contributed by atoms with E-state index in [4.69, 9.17) is 0 Å². The minimum atomic E-state index is -0.133. The molecule has 1 fully saturated rings. The molecule has 146 valence electrons. The molecule has 0 spiro atoms. The van der Waals surface area contributed by atoms with E-state index in [0.717, 1.165) is 29.7 Å². The van der Waals surface area contributed by atoms with Crippen LogP contribution in [0.5, 0.6) is 0 Å². The van der Waals surface area contributed by atoms with E-state index in [9.17, 15) is 9.59 Å². The van der Waals surface area contributed by atoms with Crippen molar-refractivity contribution in [2.45, 2.75) is 45.6 Å². The molecule has 4 heteroatoms. The summed E-state index contributed by atoms with van der Waals surface area (Å²) in [6.45, 7) is 6.99. The fraction of sp³-hybridized carbons (Fsp3) is 0.333. The van der Waals surface area contributed by atoms with Crippen molar-refractivity contribution in [1.82, 2.24) is 5.32 Å². The molecule has 1 aliphatic carbocycles. The topological polar surface area (TPSA) is 58.2 Å². The minimum absolute atomic E-state index is 0.0988. The number of hydrogen-bond acceptors (Lipinski definition) is 2. The predicted octanol–water partition coefficient (Wildman–Crippen LogP) is 4.66. The normalized spacial score (nSPS) is 14.1. The van der Waals surface area contributed by atoms with Gasteiger partial charge in [-0.15, -0.1) is 0 Å². The van der Waals surface area contributed by atoms with Crippen molar-refractivity contribution in [3.05, 3.63) is 71.3 Å². The number of carbonyl (C=O) groups excluding carboxylic acids is 2. The molecule has 0 bridgehead atoms. The zero-order chi connectivity index (χ0) is 20.1. The van der Waals surface area contributed by atoms with Crippen LogP contribution in [0.2, 0.25) is 0 Å². The van der Waals surface area contributed by atoms with Gasteiger partial charge in [0.05, 0.1) is 0 Å². The SMILES string of the molecule is CC(C)(C)c1ccc(/C=C/C(=O)NCc2ccc(NC(=O)C3CC3)cc2)cc1. The highest BCUT2D eigenvalue weighted by Crippen LogP contribution is 2.30. The molecule has 2 amide bonds. The third kappa shape index (κ3) is 5.81. The summed E-state index contributed by atoms with van der Waals surface area (Å²) in [5.41, 5.74) is 4.17. The van der Waals surface area contributed by atoms with Crippen molar-refractivity contribution in [2.24, 2.45) is 5.92 Å². The zero-order valence-electron chi connectivity index (χ0n) is 16.8. The largest absolute Gasteiger partial charge is 0.348 e. The van der Waals surface area contributed by atoms with Crippen LogP contribution in [0.25, 0.3) is 6.08 Å². The fourth-order valence-corrected chi connectivity index (χ4v) is 2.81. The van der Waals surface area contributed by atoms with Crippen LogP contribution in [-0.4, -0.2) is 11.8 Å². The lowest BCUT2D eigenvalue weighted by atomic mass is 9.87. The molecule has 0 unspecified atom stereocenters. The maximum absolute atomic E-state index is 12.1. The lowest BCUT2D eigenvalue weighted by Crippen LogP contribution is -2.20. The van der Waals surface area contributed by atoms with Crippen LogP contribution >= 0.6 is 0 Å². The van der Waals surface area contributed by atoms with Crippen LogP contribution in [0.4, 0.5) is 5.69 Å². The molecule has 2 aromatic rings. The van der Waals surface area contributed by atoms with E-state index in [1.54, 1.807) is 6.08 Å². The lowest BCUT2D eigenvalue weighted by molar-refractivity contribution is -0.117. The summed E-state index contributed by atoms with van der Waals surface area (Å²) in [7, 11) is 0. The molecule has 3 rings (SSSR count). The maximum Gasteiger partial charge on any atom is 0.244 e. The second-order valence-corrected chi connectivity index (χ2v) is 8.38. The summed E-state index contributed by atoms with van der Waals surface area (Å²) >= 11 is 0. The minimum Gasteiger partial charge on any atom is -0.348 e. The number of hydrogen-bond donors (Lipinski definition) is 2. The van der Waals surface area contributed by atoms with E-state index in [-0.39, 0.29) is 23.1 Å². The van der Waals surface area contributed by atoms with Gasteiger partial charge in [-0.05, 0) is 53.2 Å². The first-order chi connectivity index (χ1) is 13.3. The first-order valence-electron chi connectivity index (χ1n) is 9.77. The molecule has 2 N–H and O–H groups in total. The van der Waals surface area contributed by atoms with Crippen molar-refractivity contribution in [2.75, 3.05) is 5.32 Å². The highest BCUT2D eigenvalue weighted by molar-refractivity contribution is 5.94. The Hall–Kier alpha value is -2.88. The number of rotatable bonds is 6. The van der Waals surface area contributed by atoms with Crippen LogP contribution < -0.4 is 10.6 Å².